The zero-order chi connectivity index (χ0) is 11.1. The average molecular weight is 231 g/mol. The van der Waals surface area contributed by atoms with Gasteiger partial charge in [0.05, 0.1) is 22.8 Å². The van der Waals surface area contributed by atoms with Crippen molar-refractivity contribution in [3.8, 4) is 11.3 Å². The molecule has 0 spiro atoms. The highest BCUT2D eigenvalue weighted by Gasteiger charge is 2.19. The summed E-state index contributed by atoms with van der Waals surface area (Å²) in [6.07, 6.45) is 3.58. The predicted octanol–water partition coefficient (Wildman–Crippen LogP) is 1.42. The third-order valence-electron chi connectivity index (χ3n) is 2.48. The topological polar surface area (TPSA) is 77.0 Å². The molecule has 1 aliphatic heterocycles. The summed E-state index contributed by atoms with van der Waals surface area (Å²) < 4.78 is 4.32. The summed E-state index contributed by atoms with van der Waals surface area (Å²) in [6, 6.07) is 0. The Morgan fingerprint density at radius 1 is 1.44 bits per heavy atom. The lowest BCUT2D eigenvalue weighted by molar-refractivity contribution is 1.03. The Hall–Kier alpha value is -1.82. The van der Waals surface area contributed by atoms with Crippen LogP contribution in [0.25, 0.3) is 11.3 Å². The highest BCUT2D eigenvalue weighted by atomic mass is 32.1. The molecule has 0 radical (unpaired) electrons. The number of rotatable bonds is 0. The molecule has 0 saturated heterocycles. The number of hydrogen-bond acceptors (Lipinski definition) is 6. The monoisotopic (exact) mass is 231 g/mol. The molecule has 80 valence electrons. The Morgan fingerprint density at radius 2 is 2.31 bits per heavy atom. The molecule has 0 aromatic carbocycles. The summed E-state index contributed by atoms with van der Waals surface area (Å²) in [4.78, 5) is 13.7. The van der Waals surface area contributed by atoms with Crippen molar-refractivity contribution in [2.24, 2.45) is 4.99 Å². The molecule has 2 aromatic heterocycles. The first-order valence-electron chi connectivity index (χ1n) is 4.83. The van der Waals surface area contributed by atoms with Crippen LogP contribution in [0.15, 0.2) is 11.2 Å². The van der Waals surface area contributed by atoms with E-state index in [0.717, 1.165) is 27.4 Å². The van der Waals surface area contributed by atoms with Gasteiger partial charge in [0.25, 0.3) is 0 Å². The standard InChI is InChI=1S/C10H9N5S/c1-5-8-7(16-15-5)4-12-2-6-3-13-10(11)14-9(6)8/h3-4H,2H2,1H3,(H2,11,13,14). The summed E-state index contributed by atoms with van der Waals surface area (Å²) in [5, 5.41) is 0. The molecule has 1 aliphatic rings. The van der Waals surface area contributed by atoms with E-state index in [4.69, 9.17) is 5.73 Å². The molecular weight excluding hydrogens is 222 g/mol. The molecule has 0 aliphatic carbocycles. The van der Waals surface area contributed by atoms with Crippen LogP contribution in [0.2, 0.25) is 0 Å². The van der Waals surface area contributed by atoms with Gasteiger partial charge in [0.15, 0.2) is 0 Å². The summed E-state index contributed by atoms with van der Waals surface area (Å²) in [5.74, 6) is 0.289. The number of nitrogens with two attached hydrogens (primary N) is 1. The minimum atomic E-state index is 0.289. The van der Waals surface area contributed by atoms with Crippen LogP contribution in [-0.2, 0) is 6.54 Å². The second-order valence-electron chi connectivity index (χ2n) is 3.58. The van der Waals surface area contributed by atoms with Crippen molar-refractivity contribution in [3.05, 3.63) is 22.3 Å². The molecule has 0 saturated carbocycles. The fraction of sp³-hybridized carbons (Fsp3) is 0.200. The largest absolute Gasteiger partial charge is 0.368 e. The number of nitrogen functional groups attached to an aromatic ring is 1. The Bertz CT molecular complexity index is 587. The molecule has 0 fully saturated rings. The van der Waals surface area contributed by atoms with Crippen molar-refractivity contribution in [1.82, 2.24) is 14.3 Å². The minimum absolute atomic E-state index is 0.289. The number of aryl methyl sites for hydroxylation is 1. The Labute approximate surface area is 96.3 Å². The molecule has 16 heavy (non-hydrogen) atoms. The summed E-state index contributed by atoms with van der Waals surface area (Å²) >= 11 is 1.43. The van der Waals surface area contributed by atoms with E-state index in [9.17, 15) is 0 Å². The van der Waals surface area contributed by atoms with Gasteiger partial charge in [-0.05, 0) is 18.5 Å². The lowest BCUT2D eigenvalue weighted by Gasteiger charge is -2.04. The van der Waals surface area contributed by atoms with Gasteiger partial charge in [-0.15, -0.1) is 0 Å². The lowest BCUT2D eigenvalue weighted by Crippen LogP contribution is -2.00. The maximum absolute atomic E-state index is 5.63. The van der Waals surface area contributed by atoms with Crippen LogP contribution in [0.3, 0.4) is 0 Å². The third-order valence-corrected chi connectivity index (χ3v) is 3.35. The molecule has 3 heterocycles. The van der Waals surface area contributed by atoms with Gasteiger partial charge in [-0.25, -0.2) is 9.97 Å². The quantitative estimate of drug-likeness (QED) is 0.744. The van der Waals surface area contributed by atoms with Gasteiger partial charge in [0.2, 0.25) is 5.95 Å². The van der Waals surface area contributed by atoms with Crippen molar-refractivity contribution in [3.63, 3.8) is 0 Å². The van der Waals surface area contributed by atoms with Crippen LogP contribution in [0.5, 0.6) is 0 Å². The molecule has 2 aromatic rings. The maximum Gasteiger partial charge on any atom is 0.220 e. The number of fused-ring (bicyclic) bond motifs is 3. The number of hydrogen-bond donors (Lipinski definition) is 1. The molecule has 0 atom stereocenters. The Balaban J connectivity index is 2.35. The van der Waals surface area contributed by atoms with E-state index in [-0.39, 0.29) is 5.95 Å². The molecule has 0 unspecified atom stereocenters. The second kappa shape index (κ2) is 3.34. The maximum atomic E-state index is 5.63. The van der Waals surface area contributed by atoms with Gasteiger partial charge in [-0.3, -0.25) is 4.99 Å². The number of aliphatic imine (C=N–C) groups is 1. The molecule has 2 N–H and O–H groups in total. The van der Waals surface area contributed by atoms with Crippen molar-refractivity contribution >= 4 is 23.7 Å². The fourth-order valence-corrected chi connectivity index (χ4v) is 2.53. The van der Waals surface area contributed by atoms with E-state index in [0.29, 0.717) is 6.54 Å². The van der Waals surface area contributed by atoms with E-state index in [1.165, 1.54) is 11.5 Å². The molecule has 3 rings (SSSR count). The van der Waals surface area contributed by atoms with Crippen LogP contribution in [0.4, 0.5) is 5.95 Å². The van der Waals surface area contributed by atoms with Crippen LogP contribution in [-0.4, -0.2) is 20.6 Å². The van der Waals surface area contributed by atoms with Gasteiger partial charge in [-0.1, -0.05) is 0 Å². The van der Waals surface area contributed by atoms with Crippen molar-refractivity contribution < 1.29 is 0 Å². The van der Waals surface area contributed by atoms with E-state index in [2.05, 4.69) is 19.3 Å². The van der Waals surface area contributed by atoms with Crippen molar-refractivity contribution in [2.75, 3.05) is 5.73 Å². The second-order valence-corrected chi connectivity index (χ2v) is 4.38. The molecule has 0 bridgehead atoms. The lowest BCUT2D eigenvalue weighted by atomic mass is 10.1. The van der Waals surface area contributed by atoms with E-state index in [1.807, 2.05) is 13.1 Å². The fourth-order valence-electron chi connectivity index (χ4n) is 1.74. The number of aromatic nitrogens is 3. The van der Waals surface area contributed by atoms with Gasteiger partial charge >= 0.3 is 0 Å². The smallest absolute Gasteiger partial charge is 0.220 e. The molecule has 5 nitrogen and oxygen atoms in total. The van der Waals surface area contributed by atoms with Gasteiger partial charge in [-0.2, -0.15) is 4.37 Å². The average Bonchev–Trinajstić information content (AvgIpc) is 2.53. The van der Waals surface area contributed by atoms with E-state index >= 15 is 0 Å². The Morgan fingerprint density at radius 3 is 3.19 bits per heavy atom. The Kier molecular flexibility index (Phi) is 1.97. The zero-order valence-corrected chi connectivity index (χ0v) is 9.45. The van der Waals surface area contributed by atoms with Crippen LogP contribution >= 0.6 is 11.5 Å². The van der Waals surface area contributed by atoms with E-state index < -0.39 is 0 Å². The normalized spacial score (nSPS) is 13.1. The zero-order valence-electron chi connectivity index (χ0n) is 8.64. The first kappa shape index (κ1) is 9.41. The van der Waals surface area contributed by atoms with Crippen LogP contribution in [0, 0.1) is 6.92 Å². The number of nitrogens with zero attached hydrogens (tertiary/aromatic N) is 4. The molecule has 6 heteroatoms. The highest BCUT2D eigenvalue weighted by molar-refractivity contribution is 7.08. The number of anilines is 1. The van der Waals surface area contributed by atoms with Crippen LogP contribution < -0.4 is 5.73 Å². The third kappa shape index (κ3) is 1.30. The van der Waals surface area contributed by atoms with Crippen molar-refractivity contribution in [1.29, 1.82) is 0 Å². The van der Waals surface area contributed by atoms with E-state index in [1.54, 1.807) is 6.20 Å². The van der Waals surface area contributed by atoms with Crippen molar-refractivity contribution in [2.45, 2.75) is 13.5 Å². The van der Waals surface area contributed by atoms with Crippen LogP contribution in [0.1, 0.15) is 16.1 Å². The first-order valence-corrected chi connectivity index (χ1v) is 5.61. The van der Waals surface area contributed by atoms with Gasteiger partial charge in [0.1, 0.15) is 0 Å². The molecular formula is C10H9N5S. The summed E-state index contributed by atoms with van der Waals surface area (Å²) in [7, 11) is 0. The van der Waals surface area contributed by atoms with Gasteiger partial charge in [0, 0.05) is 23.5 Å². The predicted molar refractivity (Wildman–Crippen MR) is 63.6 cm³/mol. The summed E-state index contributed by atoms with van der Waals surface area (Å²) in [5.41, 5.74) is 9.49. The minimum Gasteiger partial charge on any atom is -0.368 e. The molecule has 0 amide bonds. The first-order chi connectivity index (χ1) is 7.75. The highest BCUT2D eigenvalue weighted by Crippen LogP contribution is 2.32. The van der Waals surface area contributed by atoms with Gasteiger partial charge < -0.3 is 5.73 Å². The summed E-state index contributed by atoms with van der Waals surface area (Å²) in [6.45, 7) is 2.56. The SMILES string of the molecule is Cc1nsc2c1-c1nc(N)ncc1CN=C2.